The second-order valence-electron chi connectivity index (χ2n) is 6.47. The molecule has 1 aliphatic heterocycles. The van der Waals surface area contributed by atoms with Crippen molar-refractivity contribution in [1.29, 1.82) is 0 Å². The summed E-state index contributed by atoms with van der Waals surface area (Å²) in [6, 6.07) is 0.378. The molecule has 118 valence electrons. The molecule has 4 rings (SSSR count). The van der Waals surface area contributed by atoms with Crippen LogP contribution in [-0.4, -0.2) is 31.2 Å². The van der Waals surface area contributed by atoms with Gasteiger partial charge in [-0.25, -0.2) is 4.98 Å². The van der Waals surface area contributed by atoms with Crippen LogP contribution in [0.1, 0.15) is 60.7 Å². The topological polar surface area (TPSA) is 60.0 Å². The van der Waals surface area contributed by atoms with Crippen molar-refractivity contribution >= 4 is 0 Å². The van der Waals surface area contributed by atoms with Gasteiger partial charge in [-0.2, -0.15) is 0 Å². The van der Waals surface area contributed by atoms with Gasteiger partial charge >= 0.3 is 0 Å². The largest absolute Gasteiger partial charge is 0.424 e. The van der Waals surface area contributed by atoms with E-state index in [9.17, 15) is 0 Å². The van der Waals surface area contributed by atoms with Crippen molar-refractivity contribution in [2.24, 2.45) is 7.05 Å². The molecule has 6 heteroatoms. The third kappa shape index (κ3) is 2.35. The second kappa shape index (κ2) is 5.50. The summed E-state index contributed by atoms with van der Waals surface area (Å²) in [5.74, 6) is 2.57. The minimum Gasteiger partial charge on any atom is -0.424 e. The molecule has 0 N–H and O–H groups in total. The van der Waals surface area contributed by atoms with Crippen molar-refractivity contribution in [1.82, 2.24) is 24.6 Å². The van der Waals surface area contributed by atoms with Crippen LogP contribution in [0.3, 0.4) is 0 Å². The first kappa shape index (κ1) is 13.9. The minimum atomic E-state index is 0.378. The van der Waals surface area contributed by atoms with Gasteiger partial charge in [0.15, 0.2) is 0 Å². The van der Waals surface area contributed by atoms with E-state index in [-0.39, 0.29) is 0 Å². The summed E-state index contributed by atoms with van der Waals surface area (Å²) >= 11 is 0. The highest BCUT2D eigenvalue weighted by molar-refractivity contribution is 5.22. The molecule has 0 radical (unpaired) electrons. The summed E-state index contributed by atoms with van der Waals surface area (Å²) in [7, 11) is 2.18. The maximum Gasteiger partial charge on any atom is 0.230 e. The zero-order chi connectivity index (χ0) is 15.1. The van der Waals surface area contributed by atoms with Gasteiger partial charge in [0, 0.05) is 19.7 Å². The van der Waals surface area contributed by atoms with Crippen LogP contribution in [-0.2, 0) is 26.4 Å². The molecule has 6 nitrogen and oxygen atoms in total. The fourth-order valence-corrected chi connectivity index (χ4v) is 3.89. The molecule has 0 spiro atoms. The molecule has 22 heavy (non-hydrogen) atoms. The predicted octanol–water partition coefficient (Wildman–Crippen LogP) is 2.33. The summed E-state index contributed by atoms with van der Waals surface area (Å²) in [4.78, 5) is 7.42. The van der Waals surface area contributed by atoms with E-state index in [4.69, 9.17) is 9.40 Å². The normalized spacial score (nSPS) is 22.2. The first-order valence-electron chi connectivity index (χ1n) is 8.30. The average Bonchev–Trinajstić information content (AvgIpc) is 3.21. The molecule has 0 amide bonds. The first-order valence-corrected chi connectivity index (χ1v) is 8.30. The van der Waals surface area contributed by atoms with Crippen LogP contribution in [0.5, 0.6) is 0 Å². The summed E-state index contributed by atoms with van der Waals surface area (Å²) in [6.45, 7) is 3.64. The lowest BCUT2D eigenvalue weighted by Gasteiger charge is -2.22. The van der Waals surface area contributed by atoms with Gasteiger partial charge in [0.25, 0.3) is 0 Å². The van der Waals surface area contributed by atoms with Crippen molar-refractivity contribution in [2.45, 2.75) is 58.0 Å². The third-order valence-corrected chi connectivity index (χ3v) is 4.98. The van der Waals surface area contributed by atoms with E-state index in [1.807, 2.05) is 6.92 Å². The lowest BCUT2D eigenvalue weighted by molar-refractivity contribution is 0.212. The van der Waals surface area contributed by atoms with Crippen LogP contribution in [0.4, 0.5) is 0 Å². The van der Waals surface area contributed by atoms with E-state index < -0.39 is 0 Å². The van der Waals surface area contributed by atoms with Gasteiger partial charge in [-0.3, -0.25) is 4.90 Å². The Morgan fingerprint density at radius 2 is 2.05 bits per heavy atom. The number of imidazole rings is 1. The number of fused-ring (bicyclic) bond motifs is 1. The van der Waals surface area contributed by atoms with Gasteiger partial charge in [0.1, 0.15) is 5.82 Å². The summed E-state index contributed by atoms with van der Waals surface area (Å²) < 4.78 is 7.89. The fraction of sp³-hybridized carbons (Fsp3) is 0.688. The van der Waals surface area contributed by atoms with Crippen LogP contribution < -0.4 is 0 Å². The Balaban J connectivity index is 1.59. The Bertz CT molecular complexity index is 674. The Labute approximate surface area is 130 Å². The lowest BCUT2D eigenvalue weighted by atomic mass is 10.0. The quantitative estimate of drug-likeness (QED) is 0.871. The number of aromatic nitrogens is 4. The van der Waals surface area contributed by atoms with Crippen LogP contribution >= 0.6 is 0 Å². The van der Waals surface area contributed by atoms with Gasteiger partial charge in [-0.05, 0) is 45.1 Å². The van der Waals surface area contributed by atoms with Crippen molar-refractivity contribution in [2.75, 3.05) is 6.54 Å². The molecule has 1 aliphatic carbocycles. The molecule has 1 saturated heterocycles. The Hall–Kier alpha value is -1.69. The number of hydrogen-bond acceptors (Lipinski definition) is 5. The SMILES string of the molecule is Cc1nnc(CN2CCC[C@@H]2c2nc3c(n2C)CCCC3)o1. The Morgan fingerprint density at radius 1 is 1.18 bits per heavy atom. The summed E-state index contributed by atoms with van der Waals surface area (Å²) in [5.41, 5.74) is 2.77. The highest BCUT2D eigenvalue weighted by Crippen LogP contribution is 2.34. The molecule has 3 heterocycles. The van der Waals surface area contributed by atoms with Crippen molar-refractivity contribution in [3.63, 3.8) is 0 Å². The molecule has 1 atom stereocenters. The first-order chi connectivity index (χ1) is 10.7. The van der Waals surface area contributed by atoms with E-state index in [1.165, 1.54) is 42.9 Å². The molecule has 0 aromatic carbocycles. The van der Waals surface area contributed by atoms with Gasteiger partial charge in [0.05, 0.1) is 18.3 Å². The Morgan fingerprint density at radius 3 is 2.82 bits per heavy atom. The zero-order valence-corrected chi connectivity index (χ0v) is 13.4. The maximum absolute atomic E-state index is 5.55. The molecular weight excluding hydrogens is 278 g/mol. The fourth-order valence-electron chi connectivity index (χ4n) is 3.89. The van der Waals surface area contributed by atoms with E-state index in [0.717, 1.165) is 25.9 Å². The van der Waals surface area contributed by atoms with Crippen molar-refractivity contribution in [3.8, 4) is 0 Å². The van der Waals surface area contributed by atoms with Crippen molar-refractivity contribution < 1.29 is 4.42 Å². The highest BCUT2D eigenvalue weighted by atomic mass is 16.4. The molecule has 2 aromatic rings. The van der Waals surface area contributed by atoms with Gasteiger partial charge in [0.2, 0.25) is 11.8 Å². The molecule has 2 aliphatic rings. The monoisotopic (exact) mass is 301 g/mol. The minimum absolute atomic E-state index is 0.378. The third-order valence-electron chi connectivity index (χ3n) is 4.98. The Kier molecular flexibility index (Phi) is 3.48. The van der Waals surface area contributed by atoms with Crippen LogP contribution in [0, 0.1) is 6.92 Å². The molecule has 0 bridgehead atoms. The van der Waals surface area contributed by atoms with Crippen molar-refractivity contribution in [3.05, 3.63) is 29.0 Å². The number of rotatable bonds is 3. The van der Waals surface area contributed by atoms with Gasteiger partial charge in [-0.15, -0.1) is 10.2 Å². The molecular formula is C16H23N5O. The standard InChI is InChI=1S/C16H23N5O/c1-11-18-19-15(22-11)10-21-9-5-8-14(21)16-17-12-6-3-4-7-13(12)20(16)2/h14H,3-10H2,1-2H3/t14-/m1/s1. The molecule has 1 fully saturated rings. The second-order valence-corrected chi connectivity index (χ2v) is 6.47. The molecule has 0 saturated carbocycles. The van der Waals surface area contributed by atoms with E-state index >= 15 is 0 Å². The highest BCUT2D eigenvalue weighted by Gasteiger charge is 2.32. The van der Waals surface area contributed by atoms with Gasteiger partial charge < -0.3 is 8.98 Å². The number of likely N-dealkylation sites (tertiary alicyclic amines) is 1. The van der Waals surface area contributed by atoms with Crippen LogP contribution in [0.15, 0.2) is 4.42 Å². The summed E-state index contributed by atoms with van der Waals surface area (Å²) in [6.07, 6.45) is 7.25. The lowest BCUT2D eigenvalue weighted by Crippen LogP contribution is -2.25. The zero-order valence-electron chi connectivity index (χ0n) is 13.4. The number of aryl methyl sites for hydroxylation is 2. The van der Waals surface area contributed by atoms with E-state index in [2.05, 4.69) is 26.7 Å². The molecule has 2 aromatic heterocycles. The van der Waals surface area contributed by atoms with E-state index in [1.54, 1.807) is 0 Å². The smallest absolute Gasteiger partial charge is 0.230 e. The number of nitrogens with zero attached hydrogens (tertiary/aromatic N) is 5. The number of hydrogen-bond donors (Lipinski definition) is 0. The molecule has 0 unspecified atom stereocenters. The predicted molar refractivity (Wildman–Crippen MR) is 81.3 cm³/mol. The van der Waals surface area contributed by atoms with Crippen LogP contribution in [0.2, 0.25) is 0 Å². The van der Waals surface area contributed by atoms with Crippen LogP contribution in [0.25, 0.3) is 0 Å². The van der Waals surface area contributed by atoms with E-state index in [0.29, 0.717) is 17.8 Å². The maximum atomic E-state index is 5.55. The average molecular weight is 301 g/mol. The summed E-state index contributed by atoms with van der Waals surface area (Å²) in [5, 5.41) is 8.07. The van der Waals surface area contributed by atoms with Gasteiger partial charge in [-0.1, -0.05) is 0 Å².